The number of anilines is 1. The van der Waals surface area contributed by atoms with Crippen LogP contribution in [-0.4, -0.2) is 5.91 Å². The molecule has 0 atom stereocenters. The Morgan fingerprint density at radius 3 is 2.79 bits per heavy atom. The molecule has 0 fully saturated rings. The molecule has 2 aromatic rings. The van der Waals surface area contributed by atoms with Crippen LogP contribution in [0.5, 0.6) is 0 Å². The third-order valence-corrected chi connectivity index (χ3v) is 4.42. The van der Waals surface area contributed by atoms with Crippen LogP contribution in [0.2, 0.25) is 5.02 Å². The van der Waals surface area contributed by atoms with Gasteiger partial charge in [0.25, 0.3) is 5.91 Å². The molecule has 0 bridgehead atoms. The van der Waals surface area contributed by atoms with Crippen molar-refractivity contribution in [2.75, 3.05) is 5.73 Å². The van der Waals surface area contributed by atoms with Crippen molar-refractivity contribution < 1.29 is 4.79 Å². The molecule has 19 heavy (non-hydrogen) atoms. The van der Waals surface area contributed by atoms with E-state index in [1.54, 1.807) is 29.5 Å². The molecule has 0 aliphatic heterocycles. The zero-order valence-electron chi connectivity index (χ0n) is 10.8. The zero-order chi connectivity index (χ0) is 14.0. The van der Waals surface area contributed by atoms with Crippen molar-refractivity contribution in [3.63, 3.8) is 0 Å². The van der Waals surface area contributed by atoms with Crippen molar-refractivity contribution in [3.8, 4) is 0 Å². The Hall–Kier alpha value is -1.52. The summed E-state index contributed by atoms with van der Waals surface area (Å²) in [4.78, 5) is 14.4. The number of nitrogens with two attached hydrogens (primary N) is 1. The van der Waals surface area contributed by atoms with Crippen LogP contribution in [0.1, 0.15) is 25.7 Å². The van der Waals surface area contributed by atoms with Crippen LogP contribution in [0.15, 0.2) is 24.3 Å². The maximum Gasteiger partial charge on any atom is 0.253 e. The first-order valence-electron chi connectivity index (χ1n) is 5.87. The maximum atomic E-state index is 12.0. The van der Waals surface area contributed by atoms with Gasteiger partial charge in [0.2, 0.25) is 0 Å². The number of hydrogen-bond acceptors (Lipinski definition) is 3. The molecule has 1 heterocycles. The molecule has 0 spiro atoms. The fourth-order valence-corrected chi connectivity index (χ4v) is 2.90. The van der Waals surface area contributed by atoms with E-state index in [4.69, 9.17) is 17.3 Å². The van der Waals surface area contributed by atoms with E-state index >= 15 is 0 Å². The highest BCUT2D eigenvalue weighted by Gasteiger charge is 2.12. The highest BCUT2D eigenvalue weighted by Crippen LogP contribution is 2.23. The van der Waals surface area contributed by atoms with Crippen LogP contribution in [0, 0.1) is 13.8 Å². The summed E-state index contributed by atoms with van der Waals surface area (Å²) in [6, 6.07) is 7.13. The van der Waals surface area contributed by atoms with E-state index in [1.165, 1.54) is 10.4 Å². The van der Waals surface area contributed by atoms with Gasteiger partial charge in [0.15, 0.2) is 0 Å². The van der Waals surface area contributed by atoms with Gasteiger partial charge in [0, 0.05) is 9.75 Å². The second-order valence-corrected chi connectivity index (χ2v) is 6.08. The number of amides is 1. The summed E-state index contributed by atoms with van der Waals surface area (Å²) < 4.78 is 0. The molecule has 0 saturated heterocycles. The summed E-state index contributed by atoms with van der Waals surface area (Å²) in [5.74, 6) is -0.205. The quantitative estimate of drug-likeness (QED) is 0.851. The normalized spacial score (nSPS) is 10.5. The van der Waals surface area contributed by atoms with Crippen LogP contribution < -0.4 is 11.1 Å². The Morgan fingerprint density at radius 1 is 1.42 bits per heavy atom. The van der Waals surface area contributed by atoms with Gasteiger partial charge >= 0.3 is 0 Å². The fraction of sp³-hybridized carbons (Fsp3) is 0.214. The van der Waals surface area contributed by atoms with Crippen molar-refractivity contribution in [1.82, 2.24) is 5.32 Å². The molecule has 0 radical (unpaired) electrons. The van der Waals surface area contributed by atoms with Gasteiger partial charge in [-0.05, 0) is 37.6 Å². The molecule has 1 aromatic heterocycles. The average molecular weight is 295 g/mol. The topological polar surface area (TPSA) is 55.1 Å². The van der Waals surface area contributed by atoms with Gasteiger partial charge in [-0.2, -0.15) is 0 Å². The van der Waals surface area contributed by atoms with E-state index in [-0.39, 0.29) is 5.91 Å². The third kappa shape index (κ3) is 3.08. The predicted molar refractivity (Wildman–Crippen MR) is 80.8 cm³/mol. The van der Waals surface area contributed by atoms with E-state index < -0.39 is 0 Å². The summed E-state index contributed by atoms with van der Waals surface area (Å²) in [6.45, 7) is 4.64. The first-order chi connectivity index (χ1) is 8.99. The van der Waals surface area contributed by atoms with Crippen molar-refractivity contribution in [2.45, 2.75) is 20.4 Å². The van der Waals surface area contributed by atoms with Gasteiger partial charge in [-0.1, -0.05) is 17.7 Å². The number of benzene rings is 1. The lowest BCUT2D eigenvalue weighted by Crippen LogP contribution is -2.23. The molecule has 3 nitrogen and oxygen atoms in total. The first kappa shape index (κ1) is 13.9. The van der Waals surface area contributed by atoms with Gasteiger partial charge in [-0.3, -0.25) is 4.79 Å². The molecule has 1 amide bonds. The number of halogens is 1. The van der Waals surface area contributed by atoms with Crippen LogP contribution in [0.25, 0.3) is 0 Å². The minimum absolute atomic E-state index is 0.205. The Kier molecular flexibility index (Phi) is 4.12. The van der Waals surface area contributed by atoms with Crippen molar-refractivity contribution in [1.29, 1.82) is 0 Å². The van der Waals surface area contributed by atoms with Crippen molar-refractivity contribution >= 4 is 34.5 Å². The molecular weight excluding hydrogens is 280 g/mol. The Labute approximate surface area is 121 Å². The smallest absolute Gasteiger partial charge is 0.253 e. The van der Waals surface area contributed by atoms with E-state index in [9.17, 15) is 4.79 Å². The number of hydrogen-bond donors (Lipinski definition) is 2. The Bertz CT molecular complexity index is 602. The number of nitrogen functional groups attached to an aromatic ring is 1. The first-order valence-corrected chi connectivity index (χ1v) is 7.06. The molecule has 5 heteroatoms. The second kappa shape index (κ2) is 5.63. The summed E-state index contributed by atoms with van der Waals surface area (Å²) in [6.07, 6.45) is 0. The highest BCUT2D eigenvalue weighted by molar-refractivity contribution is 7.12. The van der Waals surface area contributed by atoms with Gasteiger partial charge in [-0.25, -0.2) is 0 Å². The van der Waals surface area contributed by atoms with Gasteiger partial charge < -0.3 is 11.1 Å². The minimum Gasteiger partial charge on any atom is -0.397 e. The molecule has 0 aliphatic carbocycles. The lowest BCUT2D eigenvalue weighted by atomic mass is 10.1. The minimum atomic E-state index is -0.205. The standard InChI is InChI=1S/C14H15ClN2OS/c1-8-6-10(19-9(8)2)7-17-14(18)11-4-3-5-12(15)13(11)16/h3-6H,7,16H2,1-2H3,(H,17,18). The number of nitrogens with one attached hydrogen (secondary N) is 1. The predicted octanol–water partition coefficient (Wildman–Crippen LogP) is 3.53. The van der Waals surface area contributed by atoms with Crippen molar-refractivity contribution in [2.24, 2.45) is 0 Å². The summed E-state index contributed by atoms with van der Waals surface area (Å²) in [5.41, 5.74) is 7.77. The van der Waals surface area contributed by atoms with E-state index in [0.29, 0.717) is 22.8 Å². The van der Waals surface area contributed by atoms with E-state index in [2.05, 4.69) is 25.2 Å². The van der Waals surface area contributed by atoms with E-state index in [0.717, 1.165) is 4.88 Å². The second-order valence-electron chi connectivity index (χ2n) is 4.34. The van der Waals surface area contributed by atoms with Gasteiger partial charge in [0.1, 0.15) is 0 Å². The third-order valence-electron chi connectivity index (χ3n) is 2.94. The van der Waals surface area contributed by atoms with E-state index in [1.807, 2.05) is 0 Å². The van der Waals surface area contributed by atoms with Crippen LogP contribution >= 0.6 is 22.9 Å². The van der Waals surface area contributed by atoms with Crippen LogP contribution in [0.4, 0.5) is 5.69 Å². The maximum absolute atomic E-state index is 12.0. The van der Waals surface area contributed by atoms with Gasteiger partial charge in [-0.15, -0.1) is 11.3 Å². The van der Waals surface area contributed by atoms with Crippen molar-refractivity contribution in [3.05, 3.63) is 50.2 Å². The fourth-order valence-electron chi connectivity index (χ4n) is 1.73. The molecule has 0 aliphatic rings. The molecule has 1 aromatic carbocycles. The number of aryl methyl sites for hydroxylation is 2. The number of rotatable bonds is 3. The molecule has 2 rings (SSSR count). The molecular formula is C14H15ClN2OS. The number of para-hydroxylation sites is 1. The largest absolute Gasteiger partial charge is 0.397 e. The molecule has 3 N–H and O–H groups in total. The SMILES string of the molecule is Cc1cc(CNC(=O)c2cccc(Cl)c2N)sc1C. The summed E-state index contributed by atoms with van der Waals surface area (Å²) >= 11 is 7.58. The monoisotopic (exact) mass is 294 g/mol. The number of carbonyl (C=O) groups excluding carboxylic acids is 1. The highest BCUT2D eigenvalue weighted by atomic mass is 35.5. The Morgan fingerprint density at radius 2 is 2.16 bits per heavy atom. The summed E-state index contributed by atoms with van der Waals surface area (Å²) in [5, 5.41) is 3.26. The summed E-state index contributed by atoms with van der Waals surface area (Å²) in [7, 11) is 0. The molecule has 0 unspecified atom stereocenters. The number of carbonyl (C=O) groups is 1. The lowest BCUT2D eigenvalue weighted by Gasteiger charge is -2.07. The molecule has 0 saturated carbocycles. The number of thiophene rings is 1. The Balaban J connectivity index is 2.07. The van der Waals surface area contributed by atoms with Gasteiger partial charge in [0.05, 0.1) is 22.8 Å². The molecule has 100 valence electrons. The van der Waals surface area contributed by atoms with Crippen LogP contribution in [-0.2, 0) is 6.54 Å². The zero-order valence-corrected chi connectivity index (χ0v) is 12.4. The lowest BCUT2D eigenvalue weighted by molar-refractivity contribution is 0.0952. The average Bonchev–Trinajstić information content (AvgIpc) is 2.69. The van der Waals surface area contributed by atoms with Crippen LogP contribution in [0.3, 0.4) is 0 Å².